The summed E-state index contributed by atoms with van der Waals surface area (Å²) in [7, 11) is 1.51. The molecular weight excluding hydrogens is 346 g/mol. The summed E-state index contributed by atoms with van der Waals surface area (Å²) in [6.45, 7) is 0.734. The predicted molar refractivity (Wildman–Crippen MR) is 78.4 cm³/mol. The van der Waals surface area contributed by atoms with Gasteiger partial charge in [0, 0.05) is 12.6 Å². The standard InChI is InChI=1S/C15H13F4N3O3/c1-7-12(13(20)22(2)21-7)14(24)25-6-11(23)8-3-4-9(10(16)5-8)15(17,18)19/h3-5H,6,20H2,1-2H3. The van der Waals surface area contributed by atoms with E-state index >= 15 is 0 Å². The molecule has 0 radical (unpaired) electrons. The van der Waals surface area contributed by atoms with Crippen molar-refractivity contribution >= 4 is 17.6 Å². The maximum Gasteiger partial charge on any atom is 0.419 e. The normalized spacial score (nSPS) is 11.4. The zero-order chi connectivity index (χ0) is 18.9. The van der Waals surface area contributed by atoms with Gasteiger partial charge >= 0.3 is 12.1 Å². The molecule has 0 saturated heterocycles. The molecule has 1 heterocycles. The van der Waals surface area contributed by atoms with Gasteiger partial charge in [0.25, 0.3) is 0 Å². The number of carbonyl (C=O) groups excluding carboxylic acids is 2. The number of ether oxygens (including phenoxy) is 1. The first kappa shape index (κ1) is 18.4. The molecule has 1 aromatic carbocycles. The zero-order valence-corrected chi connectivity index (χ0v) is 13.1. The molecule has 0 fully saturated rings. The van der Waals surface area contributed by atoms with Crippen LogP contribution in [0.2, 0.25) is 0 Å². The van der Waals surface area contributed by atoms with E-state index in [4.69, 9.17) is 10.5 Å². The Balaban J connectivity index is 2.10. The van der Waals surface area contributed by atoms with Gasteiger partial charge in [-0.05, 0) is 19.1 Å². The Morgan fingerprint density at radius 1 is 1.32 bits per heavy atom. The Kier molecular flexibility index (Phi) is 4.82. The molecule has 0 aliphatic rings. The molecule has 6 nitrogen and oxygen atoms in total. The lowest BCUT2D eigenvalue weighted by molar-refractivity contribution is -0.140. The lowest BCUT2D eigenvalue weighted by Gasteiger charge is -2.09. The SMILES string of the molecule is Cc1nn(C)c(N)c1C(=O)OCC(=O)c1ccc(C(F)(F)F)c(F)c1. The summed E-state index contributed by atoms with van der Waals surface area (Å²) in [6.07, 6.45) is -4.87. The van der Waals surface area contributed by atoms with E-state index in [1.807, 2.05) is 0 Å². The number of Topliss-reactive ketones (excluding diaryl/α,β-unsaturated/α-hetero) is 1. The number of esters is 1. The number of aryl methyl sites for hydroxylation is 2. The lowest BCUT2D eigenvalue weighted by atomic mass is 10.1. The van der Waals surface area contributed by atoms with Crippen LogP contribution >= 0.6 is 0 Å². The van der Waals surface area contributed by atoms with E-state index in [1.165, 1.54) is 18.7 Å². The van der Waals surface area contributed by atoms with Crippen molar-refractivity contribution in [2.75, 3.05) is 12.3 Å². The molecule has 0 aliphatic carbocycles. The minimum absolute atomic E-state index is 0.0195. The second kappa shape index (κ2) is 6.54. The molecule has 0 saturated carbocycles. The van der Waals surface area contributed by atoms with Crippen molar-refractivity contribution in [1.82, 2.24) is 9.78 Å². The van der Waals surface area contributed by atoms with Crippen LogP contribution in [0.1, 0.15) is 32.0 Å². The van der Waals surface area contributed by atoms with Crippen molar-refractivity contribution in [3.8, 4) is 0 Å². The Labute approximate surface area is 139 Å². The van der Waals surface area contributed by atoms with Gasteiger partial charge in [0.15, 0.2) is 12.4 Å². The molecular formula is C15H13F4N3O3. The van der Waals surface area contributed by atoms with Crippen LogP contribution in [0.3, 0.4) is 0 Å². The second-order valence-corrected chi connectivity index (χ2v) is 5.16. The number of nitrogens with zero attached hydrogens (tertiary/aromatic N) is 2. The van der Waals surface area contributed by atoms with Crippen molar-refractivity contribution in [3.63, 3.8) is 0 Å². The number of rotatable bonds is 4. The van der Waals surface area contributed by atoms with Gasteiger partial charge in [-0.3, -0.25) is 9.48 Å². The topological polar surface area (TPSA) is 87.2 Å². The first-order valence-corrected chi connectivity index (χ1v) is 6.88. The van der Waals surface area contributed by atoms with Gasteiger partial charge in [-0.1, -0.05) is 6.07 Å². The van der Waals surface area contributed by atoms with Crippen LogP contribution < -0.4 is 5.73 Å². The molecule has 25 heavy (non-hydrogen) atoms. The third-order valence-corrected chi connectivity index (χ3v) is 3.40. The number of ketones is 1. The largest absolute Gasteiger partial charge is 0.454 e. The zero-order valence-electron chi connectivity index (χ0n) is 13.1. The average molecular weight is 359 g/mol. The Bertz CT molecular complexity index is 843. The molecule has 0 atom stereocenters. The van der Waals surface area contributed by atoms with E-state index in [0.717, 1.165) is 6.07 Å². The minimum Gasteiger partial charge on any atom is -0.454 e. The molecule has 0 bridgehead atoms. The fraction of sp³-hybridized carbons (Fsp3) is 0.267. The van der Waals surface area contributed by atoms with Crippen LogP contribution in [0, 0.1) is 12.7 Å². The number of hydrogen-bond acceptors (Lipinski definition) is 5. The predicted octanol–water partition coefficient (Wildman–Crippen LogP) is 2.51. The number of nitrogens with two attached hydrogens (primary N) is 1. The van der Waals surface area contributed by atoms with Crippen molar-refractivity contribution in [2.24, 2.45) is 7.05 Å². The van der Waals surface area contributed by atoms with E-state index in [0.29, 0.717) is 12.1 Å². The van der Waals surface area contributed by atoms with E-state index in [1.54, 1.807) is 0 Å². The van der Waals surface area contributed by atoms with Crippen LogP contribution in [0.15, 0.2) is 18.2 Å². The fourth-order valence-electron chi connectivity index (χ4n) is 2.13. The number of halogens is 4. The fourth-order valence-corrected chi connectivity index (χ4v) is 2.13. The number of carbonyl (C=O) groups is 2. The maximum atomic E-state index is 13.5. The highest BCUT2D eigenvalue weighted by molar-refractivity contribution is 6.00. The summed E-state index contributed by atoms with van der Waals surface area (Å²) < 4.78 is 57.0. The van der Waals surface area contributed by atoms with E-state index in [9.17, 15) is 27.2 Å². The summed E-state index contributed by atoms with van der Waals surface area (Å²) in [4.78, 5) is 23.8. The number of hydrogen-bond donors (Lipinski definition) is 1. The first-order chi connectivity index (χ1) is 11.5. The highest BCUT2D eigenvalue weighted by Crippen LogP contribution is 2.31. The molecule has 10 heteroatoms. The number of anilines is 1. The lowest BCUT2D eigenvalue weighted by Crippen LogP contribution is -2.17. The highest BCUT2D eigenvalue weighted by atomic mass is 19.4. The van der Waals surface area contributed by atoms with Crippen molar-refractivity contribution in [3.05, 3.63) is 46.4 Å². The number of nitrogen functional groups attached to an aromatic ring is 1. The second-order valence-electron chi connectivity index (χ2n) is 5.16. The van der Waals surface area contributed by atoms with Crippen LogP contribution in [0.25, 0.3) is 0 Å². The number of aromatic nitrogens is 2. The molecule has 2 rings (SSSR count). The van der Waals surface area contributed by atoms with Crippen LogP contribution in [-0.2, 0) is 18.0 Å². The third-order valence-electron chi connectivity index (χ3n) is 3.40. The van der Waals surface area contributed by atoms with Crippen LogP contribution in [-0.4, -0.2) is 28.1 Å². The molecule has 0 amide bonds. The summed E-state index contributed by atoms with van der Waals surface area (Å²) in [5.74, 6) is -3.32. The van der Waals surface area contributed by atoms with Gasteiger partial charge in [0.2, 0.25) is 0 Å². The van der Waals surface area contributed by atoms with Gasteiger partial charge in [-0.15, -0.1) is 0 Å². The molecule has 0 aliphatic heterocycles. The first-order valence-electron chi connectivity index (χ1n) is 6.88. The van der Waals surface area contributed by atoms with E-state index < -0.39 is 35.9 Å². The Morgan fingerprint density at radius 3 is 2.44 bits per heavy atom. The molecule has 1 aromatic heterocycles. The van der Waals surface area contributed by atoms with Gasteiger partial charge < -0.3 is 10.5 Å². The molecule has 134 valence electrons. The van der Waals surface area contributed by atoms with Gasteiger partial charge in [-0.25, -0.2) is 9.18 Å². The van der Waals surface area contributed by atoms with Crippen molar-refractivity contribution < 1.29 is 31.9 Å². The molecule has 0 spiro atoms. The van der Waals surface area contributed by atoms with Gasteiger partial charge in [0.05, 0.1) is 11.3 Å². The van der Waals surface area contributed by atoms with Crippen molar-refractivity contribution in [2.45, 2.75) is 13.1 Å². The third kappa shape index (κ3) is 3.78. The quantitative estimate of drug-likeness (QED) is 0.515. The monoisotopic (exact) mass is 359 g/mol. The molecule has 2 aromatic rings. The highest BCUT2D eigenvalue weighted by Gasteiger charge is 2.34. The van der Waals surface area contributed by atoms with E-state index in [-0.39, 0.29) is 22.6 Å². The summed E-state index contributed by atoms with van der Waals surface area (Å²) in [5, 5.41) is 3.91. The van der Waals surface area contributed by atoms with Crippen LogP contribution in [0.4, 0.5) is 23.4 Å². The summed E-state index contributed by atoms with van der Waals surface area (Å²) >= 11 is 0. The Morgan fingerprint density at radius 2 is 1.96 bits per heavy atom. The summed E-state index contributed by atoms with van der Waals surface area (Å²) in [5.41, 5.74) is 4.09. The molecule has 0 unspecified atom stereocenters. The van der Waals surface area contributed by atoms with Gasteiger partial charge in [0.1, 0.15) is 17.2 Å². The number of alkyl halides is 3. The minimum atomic E-state index is -4.87. The Hall–Kier alpha value is -2.91. The van der Waals surface area contributed by atoms with Gasteiger partial charge in [-0.2, -0.15) is 18.3 Å². The molecule has 2 N–H and O–H groups in total. The van der Waals surface area contributed by atoms with Crippen LogP contribution in [0.5, 0.6) is 0 Å². The summed E-state index contributed by atoms with van der Waals surface area (Å²) in [6, 6.07) is 1.71. The maximum absolute atomic E-state index is 13.5. The smallest absolute Gasteiger partial charge is 0.419 e. The van der Waals surface area contributed by atoms with E-state index in [2.05, 4.69) is 5.10 Å². The van der Waals surface area contributed by atoms with Crippen molar-refractivity contribution in [1.29, 1.82) is 0 Å². The average Bonchev–Trinajstić information content (AvgIpc) is 2.76. The number of benzene rings is 1.